The van der Waals surface area contributed by atoms with Gasteiger partial charge in [0.2, 0.25) is 0 Å². The predicted molar refractivity (Wildman–Crippen MR) is 82.0 cm³/mol. The lowest BCUT2D eigenvalue weighted by atomic mass is 10.0. The van der Waals surface area contributed by atoms with Crippen LogP contribution in [0.3, 0.4) is 0 Å². The van der Waals surface area contributed by atoms with Crippen LogP contribution in [0.4, 0.5) is 0 Å². The summed E-state index contributed by atoms with van der Waals surface area (Å²) in [6.07, 6.45) is 12.5. The van der Waals surface area contributed by atoms with Gasteiger partial charge >= 0.3 is 5.97 Å². The third kappa shape index (κ3) is 9.29. The first kappa shape index (κ1) is 17.7. The zero-order chi connectivity index (χ0) is 14.7. The molecule has 0 spiro atoms. The Kier molecular flexibility index (Phi) is 9.87. The van der Waals surface area contributed by atoms with Gasteiger partial charge in [-0.2, -0.15) is 0 Å². The van der Waals surface area contributed by atoms with Gasteiger partial charge in [-0.3, -0.25) is 4.79 Å². The van der Waals surface area contributed by atoms with Crippen LogP contribution in [0, 0.1) is 0 Å². The molecule has 19 heavy (non-hydrogen) atoms. The van der Waals surface area contributed by atoms with Crippen molar-refractivity contribution in [2.75, 3.05) is 0 Å². The predicted octanol–water partition coefficient (Wildman–Crippen LogP) is 4.97. The number of rotatable bonds is 8. The molecule has 0 N–H and O–H groups in total. The molecule has 0 aliphatic heterocycles. The van der Waals surface area contributed by atoms with Crippen molar-refractivity contribution in [3.8, 4) is 0 Å². The number of carbonyl (C=O) groups is 1. The van der Waals surface area contributed by atoms with Gasteiger partial charge in [0.15, 0.2) is 0 Å². The van der Waals surface area contributed by atoms with E-state index in [9.17, 15) is 4.79 Å². The third-order valence-electron chi connectivity index (χ3n) is 3.08. The second kappa shape index (κ2) is 10.6. The molecule has 1 unspecified atom stereocenters. The maximum Gasteiger partial charge on any atom is 0.303 e. The summed E-state index contributed by atoms with van der Waals surface area (Å²) in [5, 5.41) is 0. The number of hydrogen-bond acceptors (Lipinski definition) is 2. The quantitative estimate of drug-likeness (QED) is 0.351. The Hall–Kier alpha value is -1.31. The summed E-state index contributed by atoms with van der Waals surface area (Å²) < 4.78 is 5.38. The Bertz CT molecular complexity index is 344. The minimum atomic E-state index is -0.206. The molecule has 0 amide bonds. The van der Waals surface area contributed by atoms with Crippen LogP contribution in [-0.2, 0) is 9.53 Å². The van der Waals surface area contributed by atoms with E-state index in [1.54, 1.807) is 0 Å². The van der Waals surface area contributed by atoms with Crippen molar-refractivity contribution in [2.24, 2.45) is 0 Å². The summed E-state index contributed by atoms with van der Waals surface area (Å²) >= 11 is 0. The molecule has 0 aromatic heterocycles. The van der Waals surface area contributed by atoms with Gasteiger partial charge in [0.25, 0.3) is 0 Å². The van der Waals surface area contributed by atoms with E-state index >= 15 is 0 Å². The lowest BCUT2D eigenvalue weighted by Crippen LogP contribution is -2.18. The summed E-state index contributed by atoms with van der Waals surface area (Å²) in [6.45, 7) is 9.66. The zero-order valence-electron chi connectivity index (χ0n) is 13.0. The fraction of sp³-hybridized carbons (Fsp3) is 0.588. The van der Waals surface area contributed by atoms with Crippen LogP contribution in [0.25, 0.3) is 0 Å². The topological polar surface area (TPSA) is 26.3 Å². The van der Waals surface area contributed by atoms with Gasteiger partial charge in [-0.25, -0.2) is 0 Å². The minimum absolute atomic E-state index is 0.0808. The highest BCUT2D eigenvalue weighted by molar-refractivity contribution is 5.66. The Morgan fingerprint density at radius 2 is 1.58 bits per heavy atom. The molecular weight excluding hydrogens is 236 g/mol. The van der Waals surface area contributed by atoms with Gasteiger partial charge in [0.1, 0.15) is 6.10 Å². The van der Waals surface area contributed by atoms with Crippen molar-refractivity contribution < 1.29 is 9.53 Å². The number of carbonyl (C=O) groups excluding carboxylic acids is 1. The fourth-order valence-electron chi connectivity index (χ4n) is 1.73. The fourth-order valence-corrected chi connectivity index (χ4v) is 1.73. The Labute approximate surface area is 118 Å². The first-order valence-corrected chi connectivity index (χ1v) is 7.06. The second-order valence-electron chi connectivity index (χ2n) is 4.98. The smallest absolute Gasteiger partial charge is 0.303 e. The Balaban J connectivity index is 4.21. The van der Waals surface area contributed by atoms with E-state index in [-0.39, 0.29) is 12.1 Å². The number of allylic oxidation sites excluding steroid dienone is 5. The largest absolute Gasteiger partial charge is 0.458 e. The minimum Gasteiger partial charge on any atom is -0.458 e. The summed E-state index contributed by atoms with van der Waals surface area (Å²) in [7, 11) is 0. The van der Waals surface area contributed by atoms with Crippen molar-refractivity contribution in [3.05, 3.63) is 35.5 Å². The van der Waals surface area contributed by atoms with Gasteiger partial charge in [-0.15, -0.1) is 0 Å². The first-order valence-electron chi connectivity index (χ1n) is 7.06. The average Bonchev–Trinajstić information content (AvgIpc) is 2.34. The molecule has 2 heteroatoms. The molecule has 0 saturated heterocycles. The molecule has 0 radical (unpaired) electrons. The van der Waals surface area contributed by atoms with Crippen molar-refractivity contribution in [2.45, 2.75) is 66.4 Å². The molecule has 108 valence electrons. The van der Waals surface area contributed by atoms with E-state index in [0.29, 0.717) is 0 Å². The lowest BCUT2D eigenvalue weighted by molar-refractivity contribution is -0.144. The third-order valence-corrected chi connectivity index (χ3v) is 3.08. The van der Waals surface area contributed by atoms with Crippen LogP contribution >= 0.6 is 0 Å². The van der Waals surface area contributed by atoms with Gasteiger partial charge < -0.3 is 4.74 Å². The molecule has 0 aromatic carbocycles. The summed E-state index contributed by atoms with van der Waals surface area (Å²) in [5.41, 5.74) is 2.39. The van der Waals surface area contributed by atoms with Crippen LogP contribution in [-0.4, -0.2) is 12.1 Å². The molecule has 1 atom stereocenters. The van der Waals surface area contributed by atoms with E-state index < -0.39 is 0 Å². The van der Waals surface area contributed by atoms with Crippen LogP contribution in [0.5, 0.6) is 0 Å². The first-order chi connectivity index (χ1) is 8.99. The number of ether oxygens (including phenoxy) is 1. The lowest BCUT2D eigenvalue weighted by Gasteiger charge is -2.18. The number of esters is 1. The van der Waals surface area contributed by atoms with Crippen molar-refractivity contribution in [1.29, 1.82) is 0 Å². The van der Waals surface area contributed by atoms with Gasteiger partial charge in [0.05, 0.1) is 0 Å². The standard InChI is InChI=1S/C17H28O2/c1-6-7-8-9-10-11-12-13-17(19-16(5)18)15(4)14(2)3/h6-7,10-11,17H,8-9,12-13H2,1-5H3/b7-6+,11-10+. The number of unbranched alkanes of at least 4 members (excludes halogenated alkanes) is 1. The van der Waals surface area contributed by atoms with Crippen LogP contribution in [0.15, 0.2) is 35.5 Å². The van der Waals surface area contributed by atoms with Crippen LogP contribution < -0.4 is 0 Å². The molecule has 0 heterocycles. The van der Waals surface area contributed by atoms with E-state index in [1.165, 1.54) is 12.5 Å². The molecule has 0 aliphatic rings. The van der Waals surface area contributed by atoms with E-state index in [0.717, 1.165) is 31.3 Å². The molecule has 0 aliphatic carbocycles. The maximum absolute atomic E-state index is 11.1. The average molecular weight is 264 g/mol. The highest BCUT2D eigenvalue weighted by Crippen LogP contribution is 2.17. The highest BCUT2D eigenvalue weighted by Gasteiger charge is 2.14. The number of hydrogen-bond donors (Lipinski definition) is 0. The summed E-state index contributed by atoms with van der Waals surface area (Å²) in [5.74, 6) is -0.206. The maximum atomic E-state index is 11.1. The van der Waals surface area contributed by atoms with Gasteiger partial charge in [-0.05, 0) is 59.0 Å². The molecule has 0 bridgehead atoms. The molecular formula is C17H28O2. The van der Waals surface area contributed by atoms with E-state index in [1.807, 2.05) is 13.8 Å². The van der Waals surface area contributed by atoms with Crippen LogP contribution in [0.2, 0.25) is 0 Å². The summed E-state index contributed by atoms with van der Waals surface area (Å²) in [4.78, 5) is 11.1. The van der Waals surface area contributed by atoms with Crippen molar-refractivity contribution in [3.63, 3.8) is 0 Å². The monoisotopic (exact) mass is 264 g/mol. The van der Waals surface area contributed by atoms with Crippen LogP contribution in [0.1, 0.15) is 60.3 Å². The molecule has 0 saturated carbocycles. The molecule has 0 rings (SSSR count). The molecule has 2 nitrogen and oxygen atoms in total. The second-order valence-corrected chi connectivity index (χ2v) is 4.98. The van der Waals surface area contributed by atoms with Crippen molar-refractivity contribution >= 4 is 5.97 Å². The zero-order valence-corrected chi connectivity index (χ0v) is 13.0. The normalized spacial score (nSPS) is 12.9. The molecule has 0 aromatic rings. The van der Waals surface area contributed by atoms with Gasteiger partial charge in [0, 0.05) is 6.92 Å². The van der Waals surface area contributed by atoms with Crippen molar-refractivity contribution in [1.82, 2.24) is 0 Å². The SMILES string of the molecule is C/C=C/CC/C=C/CCC(OC(C)=O)C(C)=C(C)C. The Morgan fingerprint density at radius 1 is 1.00 bits per heavy atom. The Morgan fingerprint density at radius 3 is 2.11 bits per heavy atom. The van der Waals surface area contributed by atoms with E-state index in [2.05, 4.69) is 38.2 Å². The van der Waals surface area contributed by atoms with E-state index in [4.69, 9.17) is 4.74 Å². The highest BCUT2D eigenvalue weighted by atomic mass is 16.5. The van der Waals surface area contributed by atoms with Gasteiger partial charge in [-0.1, -0.05) is 29.9 Å². The molecule has 0 fully saturated rings. The summed E-state index contributed by atoms with van der Waals surface area (Å²) in [6, 6.07) is 0.